The fourth-order valence-corrected chi connectivity index (χ4v) is 4.80. The highest BCUT2D eigenvalue weighted by Gasteiger charge is 2.24. The molecule has 0 unspecified atom stereocenters. The maximum Gasteiger partial charge on any atom is 0.252 e. The minimum atomic E-state index is -0.821. The molecule has 37 heavy (non-hydrogen) atoms. The third-order valence-electron chi connectivity index (χ3n) is 5.91. The van der Waals surface area contributed by atoms with E-state index in [1.54, 1.807) is 13.2 Å². The average Bonchev–Trinajstić information content (AvgIpc) is 3.41. The number of rotatable bonds is 8. The highest BCUT2D eigenvalue weighted by Crippen LogP contribution is 2.29. The predicted octanol–water partition coefficient (Wildman–Crippen LogP) is 5.35. The molecule has 0 spiro atoms. The third-order valence-corrected chi connectivity index (χ3v) is 6.80. The summed E-state index contributed by atoms with van der Waals surface area (Å²) in [4.78, 5) is 26.7. The van der Waals surface area contributed by atoms with Gasteiger partial charge in [0, 0.05) is 17.5 Å². The summed E-state index contributed by atoms with van der Waals surface area (Å²) >= 11 is 1.25. The highest BCUT2D eigenvalue weighted by molar-refractivity contribution is 7.18. The van der Waals surface area contributed by atoms with E-state index in [9.17, 15) is 9.59 Å². The second kappa shape index (κ2) is 11.0. The Morgan fingerprint density at radius 3 is 2.49 bits per heavy atom. The van der Waals surface area contributed by atoms with Crippen molar-refractivity contribution in [1.82, 2.24) is 15.5 Å². The minimum absolute atomic E-state index is 0.317. The fourth-order valence-electron chi connectivity index (χ4n) is 4.06. The summed E-state index contributed by atoms with van der Waals surface area (Å²) in [5.74, 6) is 0.0188. The lowest BCUT2D eigenvalue weighted by Crippen LogP contribution is -2.45. The van der Waals surface area contributed by atoms with E-state index < -0.39 is 6.04 Å². The standard InChI is InChI=1S/C29H24N4O3S/c1-36-22-14-7-13-21(18-22)28-32-33-29(37-28)31-27(35)25(17-19-9-3-2-4-10-19)30-26(34)24-16-8-12-20-11-5-6-15-23(20)24/h2-16,18,25H,17H2,1H3,(H,30,34)(H,31,33,35)/t25-/m1/s1. The Balaban J connectivity index is 1.38. The molecular formula is C29H24N4O3S. The minimum Gasteiger partial charge on any atom is -0.497 e. The van der Waals surface area contributed by atoms with Crippen molar-refractivity contribution in [2.45, 2.75) is 12.5 Å². The van der Waals surface area contributed by atoms with Gasteiger partial charge in [-0.3, -0.25) is 14.9 Å². The van der Waals surface area contributed by atoms with E-state index in [0.717, 1.165) is 21.9 Å². The molecule has 4 aromatic carbocycles. The number of hydrogen-bond donors (Lipinski definition) is 2. The van der Waals surface area contributed by atoms with Crippen LogP contribution in [0.3, 0.4) is 0 Å². The first kappa shape index (κ1) is 24.1. The van der Waals surface area contributed by atoms with Crippen LogP contribution >= 0.6 is 11.3 Å². The maximum absolute atomic E-state index is 13.4. The van der Waals surface area contributed by atoms with E-state index in [0.29, 0.717) is 27.9 Å². The molecule has 0 bridgehead atoms. The van der Waals surface area contributed by atoms with E-state index in [2.05, 4.69) is 20.8 Å². The molecule has 0 aliphatic rings. The van der Waals surface area contributed by atoms with Crippen molar-refractivity contribution < 1.29 is 14.3 Å². The normalized spacial score (nSPS) is 11.6. The number of fused-ring (bicyclic) bond motifs is 1. The Morgan fingerprint density at radius 2 is 1.65 bits per heavy atom. The number of nitrogens with one attached hydrogen (secondary N) is 2. The number of ether oxygens (including phenoxy) is 1. The lowest BCUT2D eigenvalue weighted by molar-refractivity contribution is -0.118. The summed E-state index contributed by atoms with van der Waals surface area (Å²) in [6.45, 7) is 0. The number of aromatic nitrogens is 2. The van der Waals surface area contributed by atoms with Crippen LogP contribution in [-0.4, -0.2) is 35.2 Å². The van der Waals surface area contributed by atoms with Crippen LogP contribution in [0.25, 0.3) is 21.3 Å². The van der Waals surface area contributed by atoms with E-state index >= 15 is 0 Å². The Labute approximate surface area is 218 Å². The quantitative estimate of drug-likeness (QED) is 0.295. The van der Waals surface area contributed by atoms with Crippen LogP contribution in [0.4, 0.5) is 5.13 Å². The first-order chi connectivity index (χ1) is 18.1. The topological polar surface area (TPSA) is 93.2 Å². The Hall–Kier alpha value is -4.56. The summed E-state index contributed by atoms with van der Waals surface area (Å²) in [6.07, 6.45) is 0.324. The lowest BCUT2D eigenvalue weighted by Gasteiger charge is -2.18. The number of amides is 2. The van der Waals surface area contributed by atoms with Crippen LogP contribution in [0.2, 0.25) is 0 Å². The summed E-state index contributed by atoms with van der Waals surface area (Å²) in [5.41, 5.74) is 2.28. The van der Waals surface area contributed by atoms with Crippen molar-refractivity contribution in [3.8, 4) is 16.3 Å². The number of carbonyl (C=O) groups is 2. The number of hydrogen-bond acceptors (Lipinski definition) is 6. The SMILES string of the molecule is COc1cccc(-c2nnc(NC(=O)[C@@H](Cc3ccccc3)NC(=O)c3cccc4ccccc34)s2)c1. The monoisotopic (exact) mass is 508 g/mol. The second-order valence-corrected chi connectivity index (χ2v) is 9.35. The summed E-state index contributed by atoms with van der Waals surface area (Å²) in [7, 11) is 1.60. The fraction of sp³-hybridized carbons (Fsp3) is 0.103. The second-order valence-electron chi connectivity index (χ2n) is 8.38. The Kier molecular flexibility index (Phi) is 7.19. The van der Waals surface area contributed by atoms with Crippen LogP contribution < -0.4 is 15.4 Å². The van der Waals surface area contributed by atoms with Crippen LogP contribution in [0.5, 0.6) is 5.75 Å². The number of anilines is 1. The van der Waals surface area contributed by atoms with Crippen LogP contribution in [0, 0.1) is 0 Å². The molecule has 2 N–H and O–H groups in total. The zero-order valence-corrected chi connectivity index (χ0v) is 20.9. The molecule has 0 aliphatic carbocycles. The summed E-state index contributed by atoms with van der Waals surface area (Å²) in [5, 5.41) is 16.9. The largest absolute Gasteiger partial charge is 0.497 e. The van der Waals surface area contributed by atoms with Gasteiger partial charge in [-0.2, -0.15) is 0 Å². The molecule has 5 aromatic rings. The van der Waals surface area contributed by atoms with Gasteiger partial charge in [-0.05, 0) is 34.5 Å². The summed E-state index contributed by atoms with van der Waals surface area (Å²) < 4.78 is 5.28. The van der Waals surface area contributed by atoms with Gasteiger partial charge in [-0.15, -0.1) is 10.2 Å². The molecule has 2 amide bonds. The molecule has 1 atom stereocenters. The highest BCUT2D eigenvalue weighted by atomic mass is 32.1. The van der Waals surface area contributed by atoms with Crippen molar-refractivity contribution in [3.05, 3.63) is 108 Å². The molecular weight excluding hydrogens is 484 g/mol. The number of benzene rings is 4. The van der Waals surface area contributed by atoms with E-state index in [4.69, 9.17) is 4.74 Å². The summed E-state index contributed by atoms with van der Waals surface area (Å²) in [6, 6.07) is 29.5. The molecule has 5 rings (SSSR count). The number of methoxy groups -OCH3 is 1. The van der Waals surface area contributed by atoms with E-state index in [1.807, 2.05) is 91.0 Å². The predicted molar refractivity (Wildman–Crippen MR) is 146 cm³/mol. The van der Waals surface area contributed by atoms with Gasteiger partial charge in [0.15, 0.2) is 0 Å². The van der Waals surface area contributed by atoms with Gasteiger partial charge in [-0.25, -0.2) is 0 Å². The molecule has 0 radical (unpaired) electrons. The first-order valence-electron chi connectivity index (χ1n) is 11.7. The zero-order chi connectivity index (χ0) is 25.6. The zero-order valence-electron chi connectivity index (χ0n) is 20.0. The molecule has 0 saturated carbocycles. The van der Waals surface area contributed by atoms with Crippen LogP contribution in [0.1, 0.15) is 15.9 Å². The van der Waals surface area contributed by atoms with Gasteiger partial charge in [0.05, 0.1) is 7.11 Å². The maximum atomic E-state index is 13.4. The van der Waals surface area contributed by atoms with Gasteiger partial charge < -0.3 is 10.1 Å². The third kappa shape index (κ3) is 5.65. The van der Waals surface area contributed by atoms with Gasteiger partial charge in [-0.1, -0.05) is 90.2 Å². The molecule has 0 aliphatic heterocycles. The van der Waals surface area contributed by atoms with Crippen molar-refractivity contribution in [2.75, 3.05) is 12.4 Å². The average molecular weight is 509 g/mol. The molecule has 1 heterocycles. The van der Waals surface area contributed by atoms with Gasteiger partial charge in [0.1, 0.15) is 16.8 Å². The van der Waals surface area contributed by atoms with Gasteiger partial charge in [0.25, 0.3) is 5.91 Å². The molecule has 184 valence electrons. The van der Waals surface area contributed by atoms with Crippen LogP contribution in [0.15, 0.2) is 97.1 Å². The van der Waals surface area contributed by atoms with Crippen molar-refractivity contribution in [1.29, 1.82) is 0 Å². The molecule has 0 fully saturated rings. The van der Waals surface area contributed by atoms with Gasteiger partial charge in [0.2, 0.25) is 11.0 Å². The van der Waals surface area contributed by atoms with Crippen molar-refractivity contribution in [3.63, 3.8) is 0 Å². The molecule has 8 heteroatoms. The van der Waals surface area contributed by atoms with Crippen molar-refractivity contribution in [2.24, 2.45) is 0 Å². The van der Waals surface area contributed by atoms with E-state index in [-0.39, 0.29) is 11.8 Å². The Bertz CT molecular complexity index is 1550. The van der Waals surface area contributed by atoms with Gasteiger partial charge >= 0.3 is 0 Å². The lowest BCUT2D eigenvalue weighted by atomic mass is 10.0. The van der Waals surface area contributed by atoms with Crippen LogP contribution in [-0.2, 0) is 11.2 Å². The smallest absolute Gasteiger partial charge is 0.252 e. The van der Waals surface area contributed by atoms with Crippen molar-refractivity contribution >= 4 is 39.1 Å². The number of nitrogens with zero attached hydrogens (tertiary/aromatic N) is 2. The molecule has 0 saturated heterocycles. The molecule has 1 aromatic heterocycles. The van der Waals surface area contributed by atoms with E-state index in [1.165, 1.54) is 11.3 Å². The number of carbonyl (C=O) groups excluding carboxylic acids is 2. The molecule has 7 nitrogen and oxygen atoms in total. The first-order valence-corrected chi connectivity index (χ1v) is 12.5. The Morgan fingerprint density at radius 1 is 0.892 bits per heavy atom.